The summed E-state index contributed by atoms with van der Waals surface area (Å²) in [4.78, 5) is 0. The second-order valence-corrected chi connectivity index (χ2v) is 8.67. The summed E-state index contributed by atoms with van der Waals surface area (Å²) in [6.07, 6.45) is 0. The zero-order valence-electron chi connectivity index (χ0n) is 18.0. The molecule has 0 radical (unpaired) electrons. The summed E-state index contributed by atoms with van der Waals surface area (Å²) in [5.74, 6) is 0. The van der Waals surface area contributed by atoms with Crippen molar-refractivity contribution in [1.82, 2.24) is 0 Å². The number of halogens is 1. The zero-order chi connectivity index (χ0) is 22.2. The fourth-order valence-corrected chi connectivity index (χ4v) is 5.14. The number of rotatable bonds is 3. The minimum Gasteiger partial charge on any atom is -0.0836 e. The number of fused-ring (bicyclic) bond motifs is 3. The van der Waals surface area contributed by atoms with Gasteiger partial charge in [0.1, 0.15) is 0 Å². The van der Waals surface area contributed by atoms with Gasteiger partial charge in [0.05, 0.1) is 0 Å². The molecular weight excluding hydrogens is 420 g/mol. The van der Waals surface area contributed by atoms with Crippen LogP contribution in [0.1, 0.15) is 0 Å². The molecule has 6 aromatic rings. The third-order valence-electron chi connectivity index (χ3n) is 6.36. The maximum Gasteiger partial charge on any atom is 0.0491 e. The summed E-state index contributed by atoms with van der Waals surface area (Å²) in [6.45, 7) is 0. The Kier molecular flexibility index (Phi) is 4.94. The van der Waals surface area contributed by atoms with Crippen LogP contribution in [-0.4, -0.2) is 0 Å². The first-order valence-corrected chi connectivity index (χ1v) is 11.5. The lowest BCUT2D eigenvalue weighted by molar-refractivity contribution is 1.57. The van der Waals surface area contributed by atoms with E-state index in [1.54, 1.807) is 0 Å². The third-order valence-corrected chi connectivity index (χ3v) is 6.67. The molecular formula is C32H21Cl. The van der Waals surface area contributed by atoms with E-state index in [0.717, 1.165) is 27.3 Å². The molecule has 0 N–H and O–H groups in total. The van der Waals surface area contributed by atoms with E-state index in [-0.39, 0.29) is 0 Å². The Balaban J connectivity index is 1.73. The maximum absolute atomic E-state index is 6.87. The Hall–Kier alpha value is -3.87. The molecule has 0 amide bonds. The van der Waals surface area contributed by atoms with Gasteiger partial charge in [0.2, 0.25) is 0 Å². The molecule has 0 aliphatic rings. The number of benzene rings is 6. The fraction of sp³-hybridized carbons (Fsp3) is 0. The molecule has 0 aliphatic heterocycles. The van der Waals surface area contributed by atoms with Crippen LogP contribution in [0.3, 0.4) is 0 Å². The Morgan fingerprint density at radius 2 is 1.00 bits per heavy atom. The first kappa shape index (κ1) is 19.8. The predicted octanol–water partition coefficient (Wildman–Crippen LogP) is 9.65. The molecule has 0 unspecified atom stereocenters. The van der Waals surface area contributed by atoms with Gasteiger partial charge in [0.15, 0.2) is 0 Å². The van der Waals surface area contributed by atoms with E-state index in [1.165, 1.54) is 32.7 Å². The van der Waals surface area contributed by atoms with Crippen LogP contribution in [0, 0.1) is 0 Å². The van der Waals surface area contributed by atoms with Crippen LogP contribution in [0.15, 0.2) is 127 Å². The number of hydrogen-bond acceptors (Lipinski definition) is 0. The quantitative estimate of drug-likeness (QED) is 0.240. The van der Waals surface area contributed by atoms with Gasteiger partial charge in [-0.05, 0) is 55.4 Å². The van der Waals surface area contributed by atoms with Crippen molar-refractivity contribution in [3.63, 3.8) is 0 Å². The Labute approximate surface area is 198 Å². The van der Waals surface area contributed by atoms with Gasteiger partial charge >= 0.3 is 0 Å². The van der Waals surface area contributed by atoms with Crippen molar-refractivity contribution < 1.29 is 0 Å². The molecule has 0 fully saturated rings. The lowest BCUT2D eigenvalue weighted by Gasteiger charge is -2.19. The highest BCUT2D eigenvalue weighted by atomic mass is 35.5. The van der Waals surface area contributed by atoms with Crippen molar-refractivity contribution in [2.75, 3.05) is 0 Å². The Bertz CT molecular complexity index is 1600. The SMILES string of the molecule is Clc1ccc(-c2cccc3c2ccc2ccccc23)c(-c2ccccc2)c1-c1ccccc1. The largest absolute Gasteiger partial charge is 0.0836 e. The van der Waals surface area contributed by atoms with Crippen molar-refractivity contribution in [3.05, 3.63) is 132 Å². The van der Waals surface area contributed by atoms with E-state index in [9.17, 15) is 0 Å². The highest BCUT2D eigenvalue weighted by Gasteiger charge is 2.18. The molecule has 0 spiro atoms. The normalized spacial score (nSPS) is 11.2. The van der Waals surface area contributed by atoms with Gasteiger partial charge in [-0.2, -0.15) is 0 Å². The van der Waals surface area contributed by atoms with Gasteiger partial charge in [0.25, 0.3) is 0 Å². The molecule has 0 heterocycles. The molecule has 0 atom stereocenters. The van der Waals surface area contributed by atoms with Gasteiger partial charge in [0, 0.05) is 10.6 Å². The topological polar surface area (TPSA) is 0 Å². The maximum atomic E-state index is 6.87. The van der Waals surface area contributed by atoms with Crippen LogP contribution < -0.4 is 0 Å². The van der Waals surface area contributed by atoms with Crippen LogP contribution in [0.2, 0.25) is 5.02 Å². The van der Waals surface area contributed by atoms with Gasteiger partial charge < -0.3 is 0 Å². The monoisotopic (exact) mass is 440 g/mol. The van der Waals surface area contributed by atoms with Crippen molar-refractivity contribution in [1.29, 1.82) is 0 Å². The van der Waals surface area contributed by atoms with E-state index in [1.807, 2.05) is 12.1 Å². The molecule has 0 saturated heterocycles. The molecule has 6 rings (SSSR count). The second kappa shape index (κ2) is 8.24. The number of hydrogen-bond donors (Lipinski definition) is 0. The van der Waals surface area contributed by atoms with Crippen molar-refractivity contribution in [2.24, 2.45) is 0 Å². The summed E-state index contributed by atoms with van der Waals surface area (Å²) in [7, 11) is 0. The zero-order valence-corrected chi connectivity index (χ0v) is 18.8. The highest BCUT2D eigenvalue weighted by molar-refractivity contribution is 6.34. The van der Waals surface area contributed by atoms with Gasteiger partial charge in [-0.25, -0.2) is 0 Å². The molecule has 1 heteroatoms. The van der Waals surface area contributed by atoms with E-state index >= 15 is 0 Å². The van der Waals surface area contributed by atoms with Crippen LogP contribution in [0.25, 0.3) is 54.9 Å². The van der Waals surface area contributed by atoms with Gasteiger partial charge in [-0.1, -0.05) is 133 Å². The minimum absolute atomic E-state index is 0.759. The van der Waals surface area contributed by atoms with E-state index in [0.29, 0.717) is 0 Å². The van der Waals surface area contributed by atoms with Crippen molar-refractivity contribution in [3.8, 4) is 33.4 Å². The lowest BCUT2D eigenvalue weighted by Crippen LogP contribution is -1.93. The molecule has 0 bridgehead atoms. The molecule has 0 aromatic heterocycles. The first-order valence-electron chi connectivity index (χ1n) is 11.2. The van der Waals surface area contributed by atoms with Crippen LogP contribution in [0.4, 0.5) is 0 Å². The van der Waals surface area contributed by atoms with Crippen molar-refractivity contribution in [2.45, 2.75) is 0 Å². The molecule has 6 aromatic carbocycles. The van der Waals surface area contributed by atoms with E-state index in [4.69, 9.17) is 11.6 Å². The highest BCUT2D eigenvalue weighted by Crippen LogP contribution is 2.45. The van der Waals surface area contributed by atoms with E-state index in [2.05, 4.69) is 115 Å². The smallest absolute Gasteiger partial charge is 0.0491 e. The summed E-state index contributed by atoms with van der Waals surface area (Å²) in [5, 5.41) is 5.80. The first-order chi connectivity index (χ1) is 16.3. The van der Waals surface area contributed by atoms with Crippen LogP contribution >= 0.6 is 11.6 Å². The molecule has 156 valence electrons. The summed E-state index contributed by atoms with van der Waals surface area (Å²) >= 11 is 6.87. The summed E-state index contributed by atoms with van der Waals surface area (Å²) in [6, 6.07) is 44.9. The third kappa shape index (κ3) is 3.40. The summed E-state index contributed by atoms with van der Waals surface area (Å²) < 4.78 is 0. The minimum atomic E-state index is 0.759. The second-order valence-electron chi connectivity index (χ2n) is 8.26. The molecule has 33 heavy (non-hydrogen) atoms. The van der Waals surface area contributed by atoms with E-state index < -0.39 is 0 Å². The molecule has 0 nitrogen and oxygen atoms in total. The fourth-order valence-electron chi connectivity index (χ4n) is 4.87. The summed E-state index contributed by atoms with van der Waals surface area (Å²) in [5.41, 5.74) is 6.91. The van der Waals surface area contributed by atoms with Crippen LogP contribution in [-0.2, 0) is 0 Å². The average molecular weight is 441 g/mol. The Morgan fingerprint density at radius 1 is 0.364 bits per heavy atom. The Morgan fingerprint density at radius 3 is 1.76 bits per heavy atom. The van der Waals surface area contributed by atoms with Crippen LogP contribution in [0.5, 0.6) is 0 Å². The standard InChI is InChI=1S/C32H21Cl/c33-30-21-20-29(27-17-9-16-26-25-15-8-7-10-22(25)18-19-28(26)27)31(23-11-3-1-4-12-23)32(30)24-13-5-2-6-14-24/h1-21H. The lowest BCUT2D eigenvalue weighted by atomic mass is 9.85. The van der Waals surface area contributed by atoms with Crippen molar-refractivity contribution >= 4 is 33.1 Å². The van der Waals surface area contributed by atoms with Gasteiger partial charge in [-0.3, -0.25) is 0 Å². The van der Waals surface area contributed by atoms with Gasteiger partial charge in [-0.15, -0.1) is 0 Å². The average Bonchev–Trinajstić information content (AvgIpc) is 2.89. The predicted molar refractivity (Wildman–Crippen MR) is 143 cm³/mol. The molecule has 0 saturated carbocycles. The molecule has 0 aliphatic carbocycles.